The van der Waals surface area contributed by atoms with Crippen LogP contribution in [0.1, 0.15) is 12.0 Å². The Morgan fingerprint density at radius 1 is 1.31 bits per heavy atom. The lowest BCUT2D eigenvalue weighted by Gasteiger charge is -2.06. The first-order valence-electron chi connectivity index (χ1n) is 4.65. The maximum absolute atomic E-state index is 13.2. The van der Waals surface area contributed by atoms with Gasteiger partial charge in [-0.3, -0.25) is 0 Å². The lowest BCUT2D eigenvalue weighted by Crippen LogP contribution is -2.03. The second-order valence-corrected chi connectivity index (χ2v) is 5.49. The number of rotatable bonds is 4. The summed E-state index contributed by atoms with van der Waals surface area (Å²) in [6.07, 6.45) is 1.28. The highest BCUT2D eigenvalue weighted by molar-refractivity contribution is 7.90. The van der Waals surface area contributed by atoms with Crippen LogP contribution >= 0.6 is 0 Å². The van der Waals surface area contributed by atoms with Gasteiger partial charge >= 0.3 is 0 Å². The van der Waals surface area contributed by atoms with Gasteiger partial charge < -0.3 is 5.11 Å². The van der Waals surface area contributed by atoms with Crippen molar-refractivity contribution in [2.75, 3.05) is 12.9 Å². The summed E-state index contributed by atoms with van der Waals surface area (Å²) < 4.78 is 48.7. The highest BCUT2D eigenvalue weighted by Crippen LogP contribution is 2.19. The molecule has 0 aliphatic heterocycles. The third kappa shape index (κ3) is 2.99. The first-order valence-corrected chi connectivity index (χ1v) is 6.54. The molecule has 0 aliphatic carbocycles. The number of aliphatic hydroxyl groups is 1. The van der Waals surface area contributed by atoms with Crippen molar-refractivity contribution in [3.8, 4) is 0 Å². The molecule has 16 heavy (non-hydrogen) atoms. The van der Waals surface area contributed by atoms with Crippen molar-refractivity contribution in [3.63, 3.8) is 0 Å². The molecule has 1 aromatic carbocycles. The van der Waals surface area contributed by atoms with E-state index in [1.54, 1.807) is 0 Å². The quantitative estimate of drug-likeness (QED) is 0.819. The van der Waals surface area contributed by atoms with Crippen molar-refractivity contribution in [2.45, 2.75) is 17.7 Å². The Morgan fingerprint density at radius 3 is 2.44 bits per heavy atom. The average Bonchev–Trinajstić information content (AvgIpc) is 2.18. The molecule has 0 bridgehead atoms. The molecule has 1 N–H and O–H groups in total. The molecule has 0 aliphatic rings. The Morgan fingerprint density at radius 2 is 1.94 bits per heavy atom. The van der Waals surface area contributed by atoms with E-state index >= 15 is 0 Å². The van der Waals surface area contributed by atoms with Gasteiger partial charge in [-0.2, -0.15) is 0 Å². The highest BCUT2D eigenvalue weighted by atomic mass is 32.2. The fraction of sp³-hybridized carbons (Fsp3) is 0.400. The highest BCUT2D eigenvalue weighted by Gasteiger charge is 2.15. The Labute approximate surface area is 92.6 Å². The van der Waals surface area contributed by atoms with Crippen molar-refractivity contribution >= 4 is 9.84 Å². The number of aryl methyl sites for hydroxylation is 1. The van der Waals surface area contributed by atoms with Gasteiger partial charge in [0.25, 0.3) is 0 Å². The standard InChI is InChI=1S/C10H12F2O3S/c1-16(14,15)8-5-7(3-2-4-13)10(12)9(11)6-8/h5-6,13H,2-4H2,1H3. The van der Waals surface area contributed by atoms with Gasteiger partial charge in [0.2, 0.25) is 0 Å². The minimum Gasteiger partial charge on any atom is -0.396 e. The van der Waals surface area contributed by atoms with E-state index in [2.05, 4.69) is 0 Å². The zero-order valence-electron chi connectivity index (χ0n) is 8.70. The lowest BCUT2D eigenvalue weighted by atomic mass is 10.1. The first kappa shape index (κ1) is 13.1. The number of sulfone groups is 1. The van der Waals surface area contributed by atoms with Crippen molar-refractivity contribution in [2.24, 2.45) is 0 Å². The van der Waals surface area contributed by atoms with Crippen LogP contribution in [-0.2, 0) is 16.3 Å². The van der Waals surface area contributed by atoms with Gasteiger partial charge in [0.1, 0.15) is 0 Å². The van der Waals surface area contributed by atoms with Gasteiger partial charge in [-0.15, -0.1) is 0 Å². The van der Waals surface area contributed by atoms with Gasteiger partial charge in [-0.25, -0.2) is 17.2 Å². The summed E-state index contributed by atoms with van der Waals surface area (Å²) >= 11 is 0. The second kappa shape index (κ2) is 4.88. The Kier molecular flexibility index (Phi) is 3.98. The Balaban J connectivity index is 3.22. The van der Waals surface area contributed by atoms with E-state index in [1.165, 1.54) is 0 Å². The SMILES string of the molecule is CS(=O)(=O)c1cc(F)c(F)c(CCCO)c1. The van der Waals surface area contributed by atoms with Gasteiger partial charge in [0, 0.05) is 12.9 Å². The number of aliphatic hydroxyl groups excluding tert-OH is 1. The first-order chi connectivity index (χ1) is 7.36. The van der Waals surface area contributed by atoms with E-state index in [0.717, 1.165) is 12.3 Å². The fourth-order valence-corrected chi connectivity index (χ4v) is 1.96. The fourth-order valence-electron chi connectivity index (χ4n) is 1.28. The molecule has 0 fully saturated rings. The van der Waals surface area contributed by atoms with Crippen LogP contribution in [0.5, 0.6) is 0 Å². The van der Waals surface area contributed by atoms with E-state index in [9.17, 15) is 17.2 Å². The Hall–Kier alpha value is -1.01. The molecular weight excluding hydrogens is 238 g/mol. The summed E-state index contributed by atoms with van der Waals surface area (Å²) in [5, 5.41) is 8.58. The molecule has 0 saturated carbocycles. The smallest absolute Gasteiger partial charge is 0.175 e. The molecule has 3 nitrogen and oxygen atoms in total. The van der Waals surface area contributed by atoms with Gasteiger partial charge in [-0.1, -0.05) is 0 Å². The third-order valence-electron chi connectivity index (χ3n) is 2.11. The number of hydrogen-bond donors (Lipinski definition) is 1. The topological polar surface area (TPSA) is 54.4 Å². The van der Waals surface area contributed by atoms with Crippen LogP contribution in [0.3, 0.4) is 0 Å². The number of benzene rings is 1. The maximum atomic E-state index is 13.2. The van der Waals surface area contributed by atoms with Crippen LogP contribution in [0.25, 0.3) is 0 Å². The molecule has 0 atom stereocenters. The zero-order chi connectivity index (χ0) is 12.3. The van der Waals surface area contributed by atoms with Crippen molar-refractivity contribution in [1.29, 1.82) is 0 Å². The summed E-state index contributed by atoms with van der Waals surface area (Å²) in [6, 6.07) is 1.76. The van der Waals surface area contributed by atoms with E-state index in [0.29, 0.717) is 6.07 Å². The van der Waals surface area contributed by atoms with Crippen molar-refractivity contribution in [1.82, 2.24) is 0 Å². The van der Waals surface area contributed by atoms with Crippen molar-refractivity contribution in [3.05, 3.63) is 29.3 Å². The van der Waals surface area contributed by atoms with Gasteiger partial charge in [-0.05, 0) is 30.5 Å². The molecule has 0 aromatic heterocycles. The molecule has 0 saturated heterocycles. The lowest BCUT2D eigenvalue weighted by molar-refractivity contribution is 0.287. The summed E-state index contributed by atoms with van der Waals surface area (Å²) in [4.78, 5) is -0.251. The van der Waals surface area contributed by atoms with E-state index in [4.69, 9.17) is 5.11 Å². The number of halogens is 2. The van der Waals surface area contributed by atoms with Crippen LogP contribution in [-0.4, -0.2) is 26.4 Å². The van der Waals surface area contributed by atoms with Crippen LogP contribution in [0.4, 0.5) is 8.78 Å². The molecular formula is C10H12F2O3S. The molecule has 90 valence electrons. The molecule has 0 spiro atoms. The van der Waals surface area contributed by atoms with Crippen molar-refractivity contribution < 1.29 is 22.3 Å². The molecule has 6 heteroatoms. The summed E-state index contributed by atoms with van der Waals surface area (Å²) in [5.74, 6) is -2.24. The minimum atomic E-state index is -3.56. The van der Waals surface area contributed by atoms with Crippen LogP contribution in [0.15, 0.2) is 17.0 Å². The number of hydrogen-bond acceptors (Lipinski definition) is 3. The average molecular weight is 250 g/mol. The summed E-state index contributed by atoms with van der Waals surface area (Å²) in [5.41, 5.74) is -0.0329. The monoisotopic (exact) mass is 250 g/mol. The molecule has 0 unspecified atom stereocenters. The maximum Gasteiger partial charge on any atom is 0.175 e. The van der Waals surface area contributed by atoms with Gasteiger partial charge in [0.05, 0.1) is 4.90 Å². The minimum absolute atomic E-state index is 0.0329. The molecule has 0 heterocycles. The molecule has 0 radical (unpaired) electrons. The van der Waals surface area contributed by atoms with Crippen LogP contribution in [0.2, 0.25) is 0 Å². The zero-order valence-corrected chi connectivity index (χ0v) is 9.52. The van der Waals surface area contributed by atoms with Crippen LogP contribution in [0, 0.1) is 11.6 Å². The largest absolute Gasteiger partial charge is 0.396 e. The second-order valence-electron chi connectivity index (χ2n) is 3.48. The predicted octanol–water partition coefficient (Wildman–Crippen LogP) is 1.29. The van der Waals surface area contributed by atoms with E-state index in [1.807, 2.05) is 0 Å². The summed E-state index contributed by atoms with van der Waals surface area (Å²) in [7, 11) is -3.56. The molecule has 1 rings (SSSR count). The van der Waals surface area contributed by atoms with Crippen LogP contribution < -0.4 is 0 Å². The Bertz CT molecular complexity index is 483. The van der Waals surface area contributed by atoms with Gasteiger partial charge in [0.15, 0.2) is 21.5 Å². The normalized spacial score (nSPS) is 11.8. The summed E-state index contributed by atoms with van der Waals surface area (Å²) in [6.45, 7) is -0.163. The molecule has 0 amide bonds. The predicted molar refractivity (Wildman–Crippen MR) is 54.9 cm³/mol. The third-order valence-corrected chi connectivity index (χ3v) is 3.20. The van der Waals surface area contributed by atoms with E-state index < -0.39 is 21.5 Å². The molecule has 1 aromatic rings. The van der Waals surface area contributed by atoms with E-state index in [-0.39, 0.29) is 29.9 Å².